The zero-order valence-electron chi connectivity index (χ0n) is 14.5. The maximum absolute atomic E-state index is 12.5. The van der Waals surface area contributed by atoms with Gasteiger partial charge in [-0.3, -0.25) is 9.59 Å². The van der Waals surface area contributed by atoms with Crippen LogP contribution in [0.2, 0.25) is 0 Å². The molecule has 0 bridgehead atoms. The van der Waals surface area contributed by atoms with E-state index in [2.05, 4.69) is 5.32 Å². The van der Waals surface area contributed by atoms with Crippen molar-refractivity contribution in [2.24, 2.45) is 5.92 Å². The highest BCUT2D eigenvalue weighted by Crippen LogP contribution is 2.23. The van der Waals surface area contributed by atoms with E-state index in [1.807, 2.05) is 43.3 Å². The van der Waals surface area contributed by atoms with Crippen LogP contribution in [0.25, 0.3) is 0 Å². The Morgan fingerprint density at radius 2 is 2.00 bits per heavy atom. The van der Waals surface area contributed by atoms with Crippen LogP contribution in [0.3, 0.4) is 0 Å². The number of likely N-dealkylation sites (tertiary alicyclic amines) is 1. The zero-order valence-corrected chi connectivity index (χ0v) is 14.5. The highest BCUT2D eigenvalue weighted by atomic mass is 16.5. The number of benzene rings is 2. The first-order valence-corrected chi connectivity index (χ1v) is 8.33. The second-order valence-corrected chi connectivity index (χ2v) is 6.38. The van der Waals surface area contributed by atoms with E-state index in [1.165, 1.54) is 5.56 Å². The molecule has 2 amide bonds. The van der Waals surface area contributed by atoms with Crippen LogP contribution in [0.5, 0.6) is 5.75 Å². The fourth-order valence-electron chi connectivity index (χ4n) is 2.96. The van der Waals surface area contributed by atoms with Gasteiger partial charge in [0.05, 0.1) is 13.0 Å². The van der Waals surface area contributed by atoms with Crippen molar-refractivity contribution in [2.45, 2.75) is 19.9 Å². The normalized spacial score (nSPS) is 16.8. The molecule has 1 aliphatic rings. The van der Waals surface area contributed by atoms with Crippen LogP contribution in [0.1, 0.15) is 17.5 Å². The molecule has 5 heteroatoms. The van der Waals surface area contributed by atoms with Crippen LogP contribution in [0, 0.1) is 12.8 Å². The first-order chi connectivity index (χ1) is 12.0. The lowest BCUT2D eigenvalue weighted by molar-refractivity contribution is -0.128. The Labute approximate surface area is 147 Å². The molecule has 1 fully saturated rings. The van der Waals surface area contributed by atoms with Crippen LogP contribution in [0.15, 0.2) is 48.5 Å². The molecule has 5 nitrogen and oxygen atoms in total. The van der Waals surface area contributed by atoms with Crippen molar-refractivity contribution in [1.82, 2.24) is 4.90 Å². The van der Waals surface area contributed by atoms with Crippen LogP contribution in [0.4, 0.5) is 5.69 Å². The summed E-state index contributed by atoms with van der Waals surface area (Å²) in [5, 5.41) is 2.87. The van der Waals surface area contributed by atoms with E-state index in [-0.39, 0.29) is 24.2 Å². The monoisotopic (exact) mass is 338 g/mol. The van der Waals surface area contributed by atoms with Crippen LogP contribution in [-0.2, 0) is 16.1 Å². The maximum Gasteiger partial charge on any atom is 0.229 e. The summed E-state index contributed by atoms with van der Waals surface area (Å²) in [7, 11) is 1.58. The smallest absolute Gasteiger partial charge is 0.229 e. The number of nitrogens with zero attached hydrogens (tertiary/aromatic N) is 1. The third-order valence-corrected chi connectivity index (χ3v) is 4.42. The molecule has 0 aromatic heterocycles. The summed E-state index contributed by atoms with van der Waals surface area (Å²) in [4.78, 5) is 26.5. The van der Waals surface area contributed by atoms with Gasteiger partial charge in [-0.15, -0.1) is 0 Å². The largest absolute Gasteiger partial charge is 0.497 e. The lowest BCUT2D eigenvalue weighted by Gasteiger charge is -2.17. The molecule has 1 aliphatic heterocycles. The summed E-state index contributed by atoms with van der Waals surface area (Å²) in [5.41, 5.74) is 2.94. The van der Waals surface area contributed by atoms with Gasteiger partial charge in [0, 0.05) is 31.3 Å². The van der Waals surface area contributed by atoms with Gasteiger partial charge in [0.2, 0.25) is 11.8 Å². The zero-order chi connectivity index (χ0) is 17.8. The highest BCUT2D eigenvalue weighted by Gasteiger charge is 2.34. The number of methoxy groups -OCH3 is 1. The van der Waals surface area contributed by atoms with Crippen molar-refractivity contribution < 1.29 is 14.3 Å². The van der Waals surface area contributed by atoms with Gasteiger partial charge in [-0.1, -0.05) is 35.9 Å². The van der Waals surface area contributed by atoms with Gasteiger partial charge in [0.25, 0.3) is 0 Å². The van der Waals surface area contributed by atoms with E-state index in [4.69, 9.17) is 4.74 Å². The predicted octanol–water partition coefficient (Wildman–Crippen LogP) is 2.99. The molecule has 2 aromatic rings. The van der Waals surface area contributed by atoms with Gasteiger partial charge in [0.1, 0.15) is 5.75 Å². The molecule has 1 N–H and O–H groups in total. The fourth-order valence-corrected chi connectivity index (χ4v) is 2.96. The molecule has 0 aliphatic carbocycles. The lowest BCUT2D eigenvalue weighted by Crippen LogP contribution is -2.28. The van der Waals surface area contributed by atoms with Gasteiger partial charge in [0.15, 0.2) is 0 Å². The third-order valence-electron chi connectivity index (χ3n) is 4.42. The Bertz CT molecular complexity index is 771. The molecule has 1 heterocycles. The minimum atomic E-state index is -0.329. The standard InChI is InChI=1S/C20H22N2O3/c1-14-6-8-15(9-7-14)12-22-13-16(10-19(22)23)20(24)21-17-4-3-5-18(11-17)25-2/h3-9,11,16H,10,12-13H2,1-2H3,(H,21,24)/t16-/m1/s1. The minimum absolute atomic E-state index is 0.0198. The van der Waals surface area contributed by atoms with Gasteiger partial charge < -0.3 is 15.0 Å². The van der Waals surface area contributed by atoms with Gasteiger partial charge >= 0.3 is 0 Å². The Balaban J connectivity index is 1.61. The average molecular weight is 338 g/mol. The average Bonchev–Trinajstić information content (AvgIpc) is 2.98. The van der Waals surface area contributed by atoms with E-state index in [0.29, 0.717) is 24.5 Å². The number of ether oxygens (including phenoxy) is 1. The number of hydrogen-bond donors (Lipinski definition) is 1. The van der Waals surface area contributed by atoms with E-state index in [0.717, 1.165) is 5.56 Å². The van der Waals surface area contributed by atoms with Crippen molar-refractivity contribution in [2.75, 3.05) is 19.0 Å². The number of rotatable bonds is 5. The number of carbonyl (C=O) groups excluding carboxylic acids is 2. The van der Waals surface area contributed by atoms with Crippen molar-refractivity contribution in [3.63, 3.8) is 0 Å². The van der Waals surface area contributed by atoms with Gasteiger partial charge in [-0.05, 0) is 24.6 Å². The molecule has 0 unspecified atom stereocenters. The molecule has 0 radical (unpaired) electrons. The van der Waals surface area contributed by atoms with E-state index in [9.17, 15) is 9.59 Å². The summed E-state index contributed by atoms with van der Waals surface area (Å²) in [6, 6.07) is 15.3. The molecule has 25 heavy (non-hydrogen) atoms. The van der Waals surface area contributed by atoms with Gasteiger partial charge in [-0.25, -0.2) is 0 Å². The van der Waals surface area contributed by atoms with E-state index < -0.39 is 0 Å². The number of aryl methyl sites for hydroxylation is 1. The molecule has 0 spiro atoms. The number of hydrogen-bond acceptors (Lipinski definition) is 3. The van der Waals surface area contributed by atoms with E-state index in [1.54, 1.807) is 24.1 Å². The topological polar surface area (TPSA) is 58.6 Å². The fraction of sp³-hybridized carbons (Fsp3) is 0.300. The van der Waals surface area contributed by atoms with Crippen LogP contribution >= 0.6 is 0 Å². The number of carbonyl (C=O) groups is 2. The minimum Gasteiger partial charge on any atom is -0.497 e. The molecule has 1 saturated heterocycles. The second-order valence-electron chi connectivity index (χ2n) is 6.38. The molecule has 0 saturated carbocycles. The van der Waals surface area contributed by atoms with Crippen molar-refractivity contribution in [3.8, 4) is 5.75 Å². The Morgan fingerprint density at radius 3 is 2.72 bits per heavy atom. The number of amides is 2. The molecule has 3 rings (SSSR count). The maximum atomic E-state index is 12.5. The Morgan fingerprint density at radius 1 is 1.24 bits per heavy atom. The molecule has 130 valence electrons. The lowest BCUT2D eigenvalue weighted by atomic mass is 10.1. The summed E-state index contributed by atoms with van der Waals surface area (Å²) >= 11 is 0. The van der Waals surface area contributed by atoms with Crippen LogP contribution in [-0.4, -0.2) is 30.4 Å². The van der Waals surface area contributed by atoms with E-state index >= 15 is 0 Å². The quantitative estimate of drug-likeness (QED) is 0.912. The molecular weight excluding hydrogens is 316 g/mol. The summed E-state index contributed by atoms with van der Waals surface area (Å²) in [6.45, 7) is 3.02. The van der Waals surface area contributed by atoms with Crippen molar-refractivity contribution in [1.29, 1.82) is 0 Å². The summed E-state index contributed by atoms with van der Waals surface area (Å²) < 4.78 is 5.16. The first kappa shape index (κ1) is 17.0. The van der Waals surface area contributed by atoms with Crippen molar-refractivity contribution in [3.05, 3.63) is 59.7 Å². The molecule has 1 atom stereocenters. The highest BCUT2D eigenvalue weighted by molar-refractivity contribution is 5.97. The van der Waals surface area contributed by atoms with Crippen LogP contribution < -0.4 is 10.1 Å². The summed E-state index contributed by atoms with van der Waals surface area (Å²) in [6.07, 6.45) is 0.252. The van der Waals surface area contributed by atoms with Crippen molar-refractivity contribution >= 4 is 17.5 Å². The number of anilines is 1. The molecular formula is C20H22N2O3. The molecule has 2 aromatic carbocycles. The first-order valence-electron chi connectivity index (χ1n) is 8.33. The summed E-state index contributed by atoms with van der Waals surface area (Å²) in [5.74, 6) is 0.241. The van der Waals surface area contributed by atoms with Gasteiger partial charge in [-0.2, -0.15) is 0 Å². The SMILES string of the molecule is COc1cccc(NC(=O)[C@@H]2CC(=O)N(Cc3ccc(C)cc3)C2)c1. The predicted molar refractivity (Wildman–Crippen MR) is 96.3 cm³/mol. The second kappa shape index (κ2) is 7.38. The number of nitrogens with one attached hydrogen (secondary N) is 1. The third kappa shape index (κ3) is 4.18. The Kier molecular flexibility index (Phi) is 5.03. The Hall–Kier alpha value is -2.82.